The second-order valence-corrected chi connectivity index (χ2v) is 6.11. The average Bonchev–Trinajstić information content (AvgIpc) is 2.59. The molecule has 1 fully saturated rings. The molecule has 22 heavy (non-hydrogen) atoms. The van der Waals surface area contributed by atoms with Crippen molar-refractivity contribution in [3.63, 3.8) is 0 Å². The van der Waals surface area contributed by atoms with Gasteiger partial charge in [-0.05, 0) is 43.5 Å². The van der Waals surface area contributed by atoms with Gasteiger partial charge in [0.2, 0.25) is 0 Å². The first-order valence-electron chi connectivity index (χ1n) is 8.27. The molecule has 2 rings (SSSR count). The summed E-state index contributed by atoms with van der Waals surface area (Å²) in [6, 6.07) is 7.77. The first-order chi connectivity index (χ1) is 10.7. The maximum absolute atomic E-state index is 11.7. The zero-order valence-corrected chi connectivity index (χ0v) is 14.0. The molecule has 1 heterocycles. The number of hydrogen-bond acceptors (Lipinski definition) is 4. The Morgan fingerprint density at radius 2 is 2.23 bits per heavy atom. The molecule has 0 saturated carbocycles. The fraction of sp³-hybridized carbons (Fsp3) is 0.667. The van der Waals surface area contributed by atoms with E-state index in [-0.39, 0.29) is 12.0 Å². The van der Waals surface area contributed by atoms with Gasteiger partial charge in [0.25, 0.3) is 0 Å². The number of nitrogens with one attached hydrogen (secondary N) is 1. The lowest BCUT2D eigenvalue weighted by atomic mass is 9.72. The second-order valence-electron chi connectivity index (χ2n) is 6.11. The van der Waals surface area contributed by atoms with Crippen molar-refractivity contribution < 1.29 is 14.6 Å². The van der Waals surface area contributed by atoms with Crippen LogP contribution in [0.15, 0.2) is 24.3 Å². The molecule has 1 aromatic carbocycles. The fourth-order valence-corrected chi connectivity index (χ4v) is 3.56. The second kappa shape index (κ2) is 7.95. The molecule has 3 atom stereocenters. The largest absolute Gasteiger partial charge is 0.497 e. The van der Waals surface area contributed by atoms with Crippen molar-refractivity contribution in [1.29, 1.82) is 0 Å². The summed E-state index contributed by atoms with van der Waals surface area (Å²) in [6.07, 6.45) is 3.68. The predicted molar refractivity (Wildman–Crippen MR) is 88.2 cm³/mol. The lowest BCUT2D eigenvalue weighted by Crippen LogP contribution is -2.52. The van der Waals surface area contributed by atoms with E-state index in [1.807, 2.05) is 24.3 Å². The number of rotatable bonds is 7. The molecular weight excluding hydrogens is 278 g/mol. The van der Waals surface area contributed by atoms with Gasteiger partial charge in [0, 0.05) is 19.6 Å². The van der Waals surface area contributed by atoms with E-state index in [1.165, 1.54) is 0 Å². The van der Waals surface area contributed by atoms with Crippen LogP contribution in [0.4, 0.5) is 0 Å². The summed E-state index contributed by atoms with van der Waals surface area (Å²) < 4.78 is 11.1. The normalized spacial score (nSPS) is 22.8. The quantitative estimate of drug-likeness (QED) is 0.813. The lowest BCUT2D eigenvalue weighted by molar-refractivity contribution is -0.142. The highest BCUT2D eigenvalue weighted by Gasteiger charge is 2.45. The maximum Gasteiger partial charge on any atom is 0.120 e. The monoisotopic (exact) mass is 307 g/mol. The highest BCUT2D eigenvalue weighted by atomic mass is 16.5. The Bertz CT molecular complexity index is 453. The minimum atomic E-state index is -0.993. The number of methoxy groups -OCH3 is 2. The van der Waals surface area contributed by atoms with Crippen LogP contribution in [0.2, 0.25) is 0 Å². The Hall–Kier alpha value is -1.10. The third-order valence-electron chi connectivity index (χ3n) is 4.78. The van der Waals surface area contributed by atoms with E-state index in [9.17, 15) is 5.11 Å². The first kappa shape index (κ1) is 17.3. The van der Waals surface area contributed by atoms with E-state index in [0.717, 1.165) is 50.1 Å². The summed E-state index contributed by atoms with van der Waals surface area (Å²) in [6.45, 7) is 3.96. The molecule has 1 saturated heterocycles. The van der Waals surface area contributed by atoms with Crippen LogP contribution in [0, 0.1) is 5.92 Å². The van der Waals surface area contributed by atoms with Gasteiger partial charge >= 0.3 is 0 Å². The van der Waals surface area contributed by atoms with Gasteiger partial charge in [-0.15, -0.1) is 0 Å². The number of aliphatic hydroxyl groups is 1. The van der Waals surface area contributed by atoms with Crippen LogP contribution >= 0.6 is 0 Å². The van der Waals surface area contributed by atoms with Crippen LogP contribution in [0.5, 0.6) is 5.75 Å². The standard InChI is InChI=1S/C18H29NO3/c1-4-7-17(22-3)18(20,15-9-6-11-19-13-15)14-8-5-10-16(12-14)21-2/h5,8,10,12,15,17,19-20H,4,6-7,9,11,13H2,1-3H3. The Morgan fingerprint density at radius 3 is 2.82 bits per heavy atom. The molecule has 1 aliphatic heterocycles. The molecule has 3 unspecified atom stereocenters. The average molecular weight is 307 g/mol. The van der Waals surface area contributed by atoms with E-state index in [4.69, 9.17) is 9.47 Å². The highest BCUT2D eigenvalue weighted by Crippen LogP contribution is 2.40. The maximum atomic E-state index is 11.7. The highest BCUT2D eigenvalue weighted by molar-refractivity contribution is 5.34. The number of benzene rings is 1. The minimum Gasteiger partial charge on any atom is -0.497 e. The molecule has 0 aromatic heterocycles. The fourth-order valence-electron chi connectivity index (χ4n) is 3.56. The summed E-state index contributed by atoms with van der Waals surface area (Å²) in [7, 11) is 3.35. The Morgan fingerprint density at radius 1 is 1.41 bits per heavy atom. The van der Waals surface area contributed by atoms with Gasteiger partial charge in [-0.25, -0.2) is 0 Å². The topological polar surface area (TPSA) is 50.7 Å². The summed E-state index contributed by atoms with van der Waals surface area (Å²) >= 11 is 0. The molecule has 2 N–H and O–H groups in total. The molecule has 1 aliphatic rings. The van der Waals surface area contributed by atoms with Crippen molar-refractivity contribution in [1.82, 2.24) is 5.32 Å². The molecule has 124 valence electrons. The summed E-state index contributed by atoms with van der Waals surface area (Å²) in [5, 5.41) is 15.1. The van der Waals surface area contributed by atoms with E-state index in [2.05, 4.69) is 12.2 Å². The van der Waals surface area contributed by atoms with Gasteiger partial charge in [-0.2, -0.15) is 0 Å². The number of piperidine rings is 1. The van der Waals surface area contributed by atoms with Crippen molar-refractivity contribution in [3.8, 4) is 5.75 Å². The Kier molecular flexibility index (Phi) is 6.24. The Labute approximate surface area is 133 Å². The van der Waals surface area contributed by atoms with Gasteiger partial charge < -0.3 is 19.9 Å². The van der Waals surface area contributed by atoms with Gasteiger partial charge in [0.1, 0.15) is 11.4 Å². The molecular formula is C18H29NO3. The SMILES string of the molecule is CCCC(OC)C(O)(c1cccc(OC)c1)C1CCCNC1. The van der Waals surface area contributed by atoms with E-state index >= 15 is 0 Å². The number of hydrogen-bond donors (Lipinski definition) is 2. The van der Waals surface area contributed by atoms with Crippen molar-refractivity contribution >= 4 is 0 Å². The van der Waals surface area contributed by atoms with Crippen LogP contribution in [0.25, 0.3) is 0 Å². The first-order valence-corrected chi connectivity index (χ1v) is 8.27. The zero-order valence-electron chi connectivity index (χ0n) is 14.0. The van der Waals surface area contributed by atoms with Gasteiger partial charge in [0.15, 0.2) is 0 Å². The van der Waals surface area contributed by atoms with Crippen molar-refractivity contribution in [2.45, 2.75) is 44.3 Å². The van der Waals surface area contributed by atoms with E-state index in [1.54, 1.807) is 14.2 Å². The molecule has 0 spiro atoms. The lowest BCUT2D eigenvalue weighted by Gasteiger charge is -2.44. The minimum absolute atomic E-state index is 0.143. The molecule has 4 heteroatoms. The van der Waals surface area contributed by atoms with Crippen LogP contribution in [0.1, 0.15) is 38.2 Å². The third kappa shape index (κ3) is 3.45. The van der Waals surface area contributed by atoms with Crippen LogP contribution < -0.4 is 10.1 Å². The van der Waals surface area contributed by atoms with E-state index < -0.39 is 5.60 Å². The molecule has 0 radical (unpaired) electrons. The van der Waals surface area contributed by atoms with Crippen molar-refractivity contribution in [2.24, 2.45) is 5.92 Å². The van der Waals surface area contributed by atoms with Gasteiger partial charge in [0.05, 0.1) is 13.2 Å². The van der Waals surface area contributed by atoms with E-state index in [0.29, 0.717) is 0 Å². The molecule has 1 aromatic rings. The molecule has 4 nitrogen and oxygen atoms in total. The summed E-state index contributed by atoms with van der Waals surface area (Å²) in [4.78, 5) is 0. The molecule has 0 bridgehead atoms. The third-order valence-corrected chi connectivity index (χ3v) is 4.78. The zero-order chi connectivity index (χ0) is 16.0. The predicted octanol–water partition coefficient (Wildman–Crippen LogP) is 2.70. The molecule has 0 amide bonds. The Balaban J connectivity index is 2.42. The summed E-state index contributed by atoms with van der Waals surface area (Å²) in [5.41, 5.74) is -0.104. The van der Waals surface area contributed by atoms with Crippen LogP contribution in [0.3, 0.4) is 0 Å². The number of ether oxygens (including phenoxy) is 2. The molecule has 0 aliphatic carbocycles. The van der Waals surface area contributed by atoms with Crippen molar-refractivity contribution in [2.75, 3.05) is 27.3 Å². The smallest absolute Gasteiger partial charge is 0.120 e. The van der Waals surface area contributed by atoms with Crippen LogP contribution in [-0.2, 0) is 10.3 Å². The van der Waals surface area contributed by atoms with Crippen LogP contribution in [-0.4, -0.2) is 38.5 Å². The van der Waals surface area contributed by atoms with Crippen molar-refractivity contribution in [3.05, 3.63) is 29.8 Å². The summed E-state index contributed by atoms with van der Waals surface area (Å²) in [5.74, 6) is 0.913. The van der Waals surface area contributed by atoms with Gasteiger partial charge in [-0.1, -0.05) is 25.5 Å². The van der Waals surface area contributed by atoms with Gasteiger partial charge in [-0.3, -0.25) is 0 Å².